The van der Waals surface area contributed by atoms with Crippen molar-refractivity contribution in [1.82, 2.24) is 15.5 Å². The average molecular weight is 289 g/mol. The summed E-state index contributed by atoms with van der Waals surface area (Å²) in [6.07, 6.45) is 2.21. The quantitative estimate of drug-likeness (QED) is 0.557. The molecule has 21 heavy (non-hydrogen) atoms. The van der Waals surface area contributed by atoms with E-state index >= 15 is 0 Å². The van der Waals surface area contributed by atoms with E-state index in [1.165, 1.54) is 18.2 Å². The van der Waals surface area contributed by atoms with Gasteiger partial charge in [-0.15, -0.1) is 0 Å². The van der Waals surface area contributed by atoms with Crippen LogP contribution in [0, 0.1) is 16.0 Å². The molecule has 0 aliphatic heterocycles. The maximum Gasteiger partial charge on any atom is 0.272 e. The summed E-state index contributed by atoms with van der Waals surface area (Å²) in [5.41, 5.74) is 6.58. The number of fused-ring (bicyclic) bond motifs is 1. The molecule has 1 fully saturated rings. The minimum atomic E-state index is -0.503. The number of amides is 1. The fourth-order valence-electron chi connectivity index (χ4n) is 2.27. The van der Waals surface area contributed by atoms with Gasteiger partial charge in [0, 0.05) is 30.1 Å². The molecule has 1 saturated carbocycles. The van der Waals surface area contributed by atoms with E-state index in [2.05, 4.69) is 15.5 Å². The number of H-pyrrole nitrogens is 1. The van der Waals surface area contributed by atoms with E-state index in [1.807, 2.05) is 0 Å². The van der Waals surface area contributed by atoms with Gasteiger partial charge in [0.05, 0.1) is 10.4 Å². The first kappa shape index (κ1) is 13.5. The van der Waals surface area contributed by atoms with Gasteiger partial charge in [-0.05, 0) is 24.8 Å². The van der Waals surface area contributed by atoms with Crippen molar-refractivity contribution in [3.8, 4) is 0 Å². The van der Waals surface area contributed by atoms with Crippen LogP contribution < -0.4 is 11.1 Å². The van der Waals surface area contributed by atoms with Crippen LogP contribution in [-0.2, 0) is 0 Å². The highest BCUT2D eigenvalue weighted by atomic mass is 16.6. The first-order valence-corrected chi connectivity index (χ1v) is 6.72. The lowest BCUT2D eigenvalue weighted by molar-refractivity contribution is -0.384. The number of nitrogens with two attached hydrogens (primary N) is 1. The number of benzene rings is 1. The lowest BCUT2D eigenvalue weighted by atomic mass is 10.1. The molecule has 110 valence electrons. The SMILES string of the molecule is NC(CNC(=O)c1n[nH]c2ccc([N+](=O)[O-])cc12)C1CC1. The van der Waals surface area contributed by atoms with Crippen LogP contribution in [-0.4, -0.2) is 33.6 Å². The second kappa shape index (κ2) is 5.13. The molecule has 8 nitrogen and oxygen atoms in total. The molecule has 4 N–H and O–H groups in total. The van der Waals surface area contributed by atoms with Crippen molar-refractivity contribution in [2.75, 3.05) is 6.54 Å². The number of carbonyl (C=O) groups excluding carboxylic acids is 1. The number of nitrogens with zero attached hydrogens (tertiary/aromatic N) is 2. The number of aromatic nitrogens is 2. The van der Waals surface area contributed by atoms with Gasteiger partial charge in [-0.1, -0.05) is 0 Å². The third kappa shape index (κ3) is 2.70. The minimum absolute atomic E-state index is 0.0477. The molecule has 1 unspecified atom stereocenters. The number of nitro benzene ring substituents is 1. The van der Waals surface area contributed by atoms with Crippen molar-refractivity contribution in [3.05, 3.63) is 34.0 Å². The molecule has 8 heteroatoms. The normalized spacial score (nSPS) is 15.9. The van der Waals surface area contributed by atoms with E-state index < -0.39 is 4.92 Å². The summed E-state index contributed by atoms with van der Waals surface area (Å²) in [6.45, 7) is 0.382. The molecule has 1 aromatic heterocycles. The molecule has 0 radical (unpaired) electrons. The van der Waals surface area contributed by atoms with Crippen molar-refractivity contribution in [1.29, 1.82) is 0 Å². The van der Waals surface area contributed by atoms with Gasteiger partial charge >= 0.3 is 0 Å². The Morgan fingerprint density at radius 2 is 2.33 bits per heavy atom. The van der Waals surface area contributed by atoms with Crippen LogP contribution in [0.3, 0.4) is 0 Å². The number of hydrogen-bond acceptors (Lipinski definition) is 5. The predicted octanol–water partition coefficient (Wildman–Crippen LogP) is 0.938. The Morgan fingerprint density at radius 3 is 3.00 bits per heavy atom. The van der Waals surface area contributed by atoms with Crippen LogP contribution in [0.25, 0.3) is 10.9 Å². The van der Waals surface area contributed by atoms with E-state index in [-0.39, 0.29) is 23.3 Å². The standard InChI is InChI=1S/C13H15N5O3/c14-10(7-1-2-7)6-15-13(19)12-9-5-8(18(20)21)3-4-11(9)16-17-12/h3-5,7,10H,1-2,6,14H2,(H,15,19)(H,16,17). The smallest absolute Gasteiger partial charge is 0.272 e. The third-order valence-electron chi connectivity index (χ3n) is 3.70. The van der Waals surface area contributed by atoms with Crippen LogP contribution in [0.15, 0.2) is 18.2 Å². The van der Waals surface area contributed by atoms with Gasteiger partial charge in [0.15, 0.2) is 5.69 Å². The highest BCUT2D eigenvalue weighted by Crippen LogP contribution is 2.31. The first-order valence-electron chi connectivity index (χ1n) is 6.72. The number of aromatic amines is 1. The van der Waals surface area contributed by atoms with Crippen molar-refractivity contribution in [3.63, 3.8) is 0 Å². The number of rotatable bonds is 5. The Labute approximate surface area is 119 Å². The second-order valence-electron chi connectivity index (χ2n) is 5.27. The molecule has 0 bridgehead atoms. The molecule has 1 aliphatic rings. The highest BCUT2D eigenvalue weighted by Gasteiger charge is 2.29. The molecule has 1 aromatic carbocycles. The number of non-ortho nitro benzene ring substituents is 1. The number of nitro groups is 1. The molecule has 2 aromatic rings. The Kier molecular flexibility index (Phi) is 3.30. The summed E-state index contributed by atoms with van der Waals surface area (Å²) < 4.78 is 0. The highest BCUT2D eigenvalue weighted by molar-refractivity contribution is 6.05. The van der Waals surface area contributed by atoms with Gasteiger partial charge in [0.25, 0.3) is 11.6 Å². The molecule has 1 amide bonds. The Hall–Kier alpha value is -2.48. The third-order valence-corrected chi connectivity index (χ3v) is 3.70. The molecule has 3 rings (SSSR count). The van der Waals surface area contributed by atoms with E-state index in [1.54, 1.807) is 0 Å². The van der Waals surface area contributed by atoms with Gasteiger partial charge in [0.2, 0.25) is 0 Å². The summed E-state index contributed by atoms with van der Waals surface area (Å²) in [6, 6.07) is 4.20. The summed E-state index contributed by atoms with van der Waals surface area (Å²) in [5.74, 6) is 0.111. The summed E-state index contributed by atoms with van der Waals surface area (Å²) >= 11 is 0. The fourth-order valence-corrected chi connectivity index (χ4v) is 2.27. The predicted molar refractivity (Wildman–Crippen MR) is 75.8 cm³/mol. The summed E-state index contributed by atoms with van der Waals surface area (Å²) in [5, 5.41) is 20.6. The maximum absolute atomic E-state index is 12.1. The van der Waals surface area contributed by atoms with Crippen LogP contribution in [0.5, 0.6) is 0 Å². The van der Waals surface area contributed by atoms with Gasteiger partial charge in [-0.25, -0.2) is 0 Å². The second-order valence-corrected chi connectivity index (χ2v) is 5.27. The van der Waals surface area contributed by atoms with Crippen LogP contribution in [0.4, 0.5) is 5.69 Å². The molecule has 1 atom stereocenters. The summed E-state index contributed by atoms with van der Waals surface area (Å²) in [4.78, 5) is 22.4. The molecule has 0 spiro atoms. The number of carbonyl (C=O) groups is 1. The Balaban J connectivity index is 1.80. The number of nitrogens with one attached hydrogen (secondary N) is 2. The lowest BCUT2D eigenvalue weighted by Gasteiger charge is -2.10. The molecule has 1 heterocycles. The fraction of sp³-hybridized carbons (Fsp3) is 0.385. The topological polar surface area (TPSA) is 127 Å². The molecular weight excluding hydrogens is 274 g/mol. The van der Waals surface area contributed by atoms with Crippen LogP contribution in [0.2, 0.25) is 0 Å². The first-order chi connectivity index (χ1) is 10.1. The lowest BCUT2D eigenvalue weighted by Crippen LogP contribution is -2.38. The minimum Gasteiger partial charge on any atom is -0.349 e. The van der Waals surface area contributed by atoms with E-state index in [9.17, 15) is 14.9 Å². The van der Waals surface area contributed by atoms with Crippen molar-refractivity contribution >= 4 is 22.5 Å². The van der Waals surface area contributed by atoms with E-state index in [0.717, 1.165) is 12.8 Å². The van der Waals surface area contributed by atoms with Gasteiger partial charge in [0.1, 0.15) is 0 Å². The van der Waals surface area contributed by atoms with Gasteiger partial charge < -0.3 is 11.1 Å². The molecular formula is C13H15N5O3. The van der Waals surface area contributed by atoms with Crippen molar-refractivity contribution < 1.29 is 9.72 Å². The zero-order valence-electron chi connectivity index (χ0n) is 11.2. The van der Waals surface area contributed by atoms with Crippen LogP contribution >= 0.6 is 0 Å². The summed E-state index contributed by atoms with van der Waals surface area (Å²) in [7, 11) is 0. The van der Waals surface area contributed by atoms with E-state index in [4.69, 9.17) is 5.73 Å². The average Bonchev–Trinajstić information content (AvgIpc) is 3.23. The van der Waals surface area contributed by atoms with Crippen LogP contribution in [0.1, 0.15) is 23.3 Å². The number of hydrogen-bond donors (Lipinski definition) is 3. The Bertz CT molecular complexity index is 707. The zero-order valence-corrected chi connectivity index (χ0v) is 11.2. The van der Waals surface area contributed by atoms with Crippen molar-refractivity contribution in [2.24, 2.45) is 11.7 Å². The molecule has 0 saturated heterocycles. The van der Waals surface area contributed by atoms with Crippen molar-refractivity contribution in [2.45, 2.75) is 18.9 Å². The largest absolute Gasteiger partial charge is 0.349 e. The van der Waals surface area contributed by atoms with Gasteiger partial charge in [-0.2, -0.15) is 5.10 Å². The Morgan fingerprint density at radius 1 is 1.57 bits per heavy atom. The van der Waals surface area contributed by atoms with E-state index in [0.29, 0.717) is 23.4 Å². The zero-order chi connectivity index (χ0) is 15.0. The van der Waals surface area contributed by atoms with Gasteiger partial charge in [-0.3, -0.25) is 20.0 Å². The maximum atomic E-state index is 12.1. The monoisotopic (exact) mass is 289 g/mol. The molecule has 1 aliphatic carbocycles.